The number of rotatable bonds is 4. The number of nitrogens with zero attached hydrogens (tertiary/aromatic N) is 6. The van der Waals surface area contributed by atoms with Crippen LogP contribution in [-0.2, 0) is 0 Å². The second kappa shape index (κ2) is 8.83. The van der Waals surface area contributed by atoms with E-state index in [0.717, 1.165) is 31.6 Å². The zero-order chi connectivity index (χ0) is 22.2. The Bertz CT molecular complexity index is 1070. The van der Waals surface area contributed by atoms with E-state index in [4.69, 9.17) is 9.97 Å². The summed E-state index contributed by atoms with van der Waals surface area (Å²) in [6.45, 7) is 4.37. The highest BCUT2D eigenvalue weighted by molar-refractivity contribution is 5.53. The molecule has 0 aliphatic carbocycles. The Kier molecular flexibility index (Phi) is 5.91. The molecule has 2 atom stereocenters. The monoisotopic (exact) mass is 432 g/mol. The first-order valence-corrected chi connectivity index (χ1v) is 12.1. The van der Waals surface area contributed by atoms with E-state index in [-0.39, 0.29) is 0 Å². The van der Waals surface area contributed by atoms with Crippen molar-refractivity contribution in [2.45, 2.75) is 57.2 Å². The number of anilines is 1. The molecular weight excluding hydrogens is 396 g/mol. The second-order valence-corrected chi connectivity index (χ2v) is 9.79. The van der Waals surface area contributed by atoms with Crippen molar-refractivity contribution in [3.05, 3.63) is 59.7 Å². The summed E-state index contributed by atoms with van der Waals surface area (Å²) in [5, 5.41) is 0. The molecule has 5 heterocycles. The summed E-state index contributed by atoms with van der Waals surface area (Å²) in [5.41, 5.74) is 4.73. The number of imidazole rings is 1. The molecule has 6 nitrogen and oxygen atoms in total. The fraction of sp³-hybridized carbons (Fsp3) is 0.538. The van der Waals surface area contributed by atoms with Gasteiger partial charge in [-0.15, -0.1) is 0 Å². The number of aryl methyl sites for hydroxylation is 1. The first kappa shape index (κ1) is 21.4. The van der Waals surface area contributed by atoms with Crippen molar-refractivity contribution in [2.24, 2.45) is 0 Å². The molecule has 0 spiro atoms. The minimum absolute atomic E-state index is 0.322. The Morgan fingerprint density at radius 1 is 0.969 bits per heavy atom. The highest BCUT2D eigenvalue weighted by atomic mass is 15.3. The van der Waals surface area contributed by atoms with Crippen molar-refractivity contribution in [2.75, 3.05) is 39.1 Å². The molecule has 0 unspecified atom stereocenters. The van der Waals surface area contributed by atoms with E-state index < -0.39 is 0 Å². The standard InChI is InChI=1S/C26H36N6/c1-19-8-7-15-27-26(19)23-10-5-9-22(30(23)4)21-18-32-24(28-21)11-6-12-25(32)31-16-13-20(14-17-31)29(2)3/h6-8,11-12,15,18,20,22-23H,5,9-10,13-14,16-17H2,1-4H3/t22-,23+/m1/s1. The van der Waals surface area contributed by atoms with Crippen LogP contribution < -0.4 is 4.90 Å². The molecule has 0 bridgehead atoms. The summed E-state index contributed by atoms with van der Waals surface area (Å²) >= 11 is 0. The third-order valence-corrected chi connectivity index (χ3v) is 7.65. The van der Waals surface area contributed by atoms with Crippen molar-refractivity contribution >= 4 is 11.5 Å². The molecule has 0 aromatic carbocycles. The normalized spacial score (nSPS) is 23.3. The summed E-state index contributed by atoms with van der Waals surface area (Å²) in [5.74, 6) is 1.27. The van der Waals surface area contributed by atoms with Gasteiger partial charge in [-0.05, 0) is 83.9 Å². The molecule has 0 amide bonds. The Balaban J connectivity index is 1.42. The van der Waals surface area contributed by atoms with Crippen molar-refractivity contribution in [3.63, 3.8) is 0 Å². The van der Waals surface area contributed by atoms with Crippen LogP contribution in [0, 0.1) is 6.92 Å². The van der Waals surface area contributed by atoms with E-state index in [1.807, 2.05) is 12.3 Å². The maximum Gasteiger partial charge on any atom is 0.138 e. The van der Waals surface area contributed by atoms with Crippen molar-refractivity contribution in [3.8, 4) is 0 Å². The predicted molar refractivity (Wildman–Crippen MR) is 130 cm³/mol. The lowest BCUT2D eigenvalue weighted by atomic mass is 9.91. The van der Waals surface area contributed by atoms with Gasteiger partial charge in [0, 0.05) is 31.5 Å². The minimum Gasteiger partial charge on any atom is -0.358 e. The van der Waals surface area contributed by atoms with Crippen molar-refractivity contribution < 1.29 is 0 Å². The third-order valence-electron chi connectivity index (χ3n) is 7.65. The molecular formula is C26H36N6. The SMILES string of the molecule is Cc1cccnc1[C@@H]1CCC[C@H](c2cn3c(N4CCC(N(C)C)CC4)cccc3n2)N1C. The fourth-order valence-corrected chi connectivity index (χ4v) is 5.71. The van der Waals surface area contributed by atoms with Crippen LogP contribution in [0.1, 0.15) is 61.1 Å². The van der Waals surface area contributed by atoms with Crippen LogP contribution in [0.4, 0.5) is 5.82 Å². The van der Waals surface area contributed by atoms with Gasteiger partial charge in [-0.2, -0.15) is 0 Å². The molecule has 0 radical (unpaired) electrons. The van der Waals surface area contributed by atoms with E-state index in [1.54, 1.807) is 0 Å². The third kappa shape index (κ3) is 3.90. The molecule has 0 N–H and O–H groups in total. The van der Waals surface area contributed by atoms with Gasteiger partial charge in [0.25, 0.3) is 0 Å². The predicted octanol–water partition coefficient (Wildman–Crippen LogP) is 4.47. The Hall–Kier alpha value is -2.44. The fourth-order valence-electron chi connectivity index (χ4n) is 5.71. The molecule has 2 aliphatic heterocycles. The topological polar surface area (TPSA) is 39.9 Å². The highest BCUT2D eigenvalue weighted by Gasteiger charge is 2.33. The summed E-state index contributed by atoms with van der Waals surface area (Å²) in [7, 11) is 6.65. The van der Waals surface area contributed by atoms with E-state index in [9.17, 15) is 0 Å². The van der Waals surface area contributed by atoms with Crippen LogP contribution in [0.25, 0.3) is 5.65 Å². The largest absolute Gasteiger partial charge is 0.358 e. The summed E-state index contributed by atoms with van der Waals surface area (Å²) in [6, 6.07) is 12.1. The van der Waals surface area contributed by atoms with Crippen LogP contribution in [0.15, 0.2) is 42.7 Å². The summed E-state index contributed by atoms with van der Waals surface area (Å²) in [6.07, 6.45) is 10.1. The molecule has 5 rings (SSSR count). The van der Waals surface area contributed by atoms with Crippen LogP contribution in [0.2, 0.25) is 0 Å². The number of hydrogen-bond acceptors (Lipinski definition) is 5. The van der Waals surface area contributed by atoms with Gasteiger partial charge in [-0.25, -0.2) is 4.98 Å². The van der Waals surface area contributed by atoms with Crippen LogP contribution >= 0.6 is 0 Å². The zero-order valence-electron chi connectivity index (χ0n) is 19.9. The molecule has 2 fully saturated rings. The molecule has 0 saturated carbocycles. The van der Waals surface area contributed by atoms with Gasteiger partial charge in [0.05, 0.1) is 23.5 Å². The number of piperidine rings is 2. The first-order chi connectivity index (χ1) is 15.5. The van der Waals surface area contributed by atoms with Gasteiger partial charge < -0.3 is 9.80 Å². The number of hydrogen-bond donors (Lipinski definition) is 0. The lowest BCUT2D eigenvalue weighted by Crippen LogP contribution is -2.42. The Morgan fingerprint density at radius 2 is 1.75 bits per heavy atom. The zero-order valence-corrected chi connectivity index (χ0v) is 19.9. The van der Waals surface area contributed by atoms with Crippen LogP contribution in [0.5, 0.6) is 0 Å². The molecule has 3 aromatic heterocycles. The summed E-state index contributed by atoms with van der Waals surface area (Å²) in [4.78, 5) is 17.2. The maximum atomic E-state index is 5.10. The maximum absolute atomic E-state index is 5.10. The number of pyridine rings is 2. The molecule has 32 heavy (non-hydrogen) atoms. The molecule has 3 aromatic rings. The summed E-state index contributed by atoms with van der Waals surface area (Å²) < 4.78 is 2.31. The first-order valence-electron chi connectivity index (χ1n) is 12.1. The van der Waals surface area contributed by atoms with E-state index >= 15 is 0 Å². The lowest BCUT2D eigenvalue weighted by molar-refractivity contribution is 0.109. The van der Waals surface area contributed by atoms with Gasteiger partial charge in [-0.3, -0.25) is 14.3 Å². The number of fused-ring (bicyclic) bond motifs is 1. The van der Waals surface area contributed by atoms with Crippen LogP contribution in [-0.4, -0.2) is 64.4 Å². The van der Waals surface area contributed by atoms with Gasteiger partial charge in [-0.1, -0.05) is 12.1 Å². The molecule has 2 saturated heterocycles. The van der Waals surface area contributed by atoms with E-state index in [0.29, 0.717) is 18.1 Å². The van der Waals surface area contributed by atoms with Gasteiger partial charge in [0.1, 0.15) is 11.5 Å². The average Bonchev–Trinajstić information content (AvgIpc) is 3.24. The Labute approximate surface area is 191 Å². The lowest BCUT2D eigenvalue weighted by Gasteiger charge is -2.39. The minimum atomic E-state index is 0.322. The second-order valence-electron chi connectivity index (χ2n) is 9.79. The van der Waals surface area contributed by atoms with Gasteiger partial charge in [0.15, 0.2) is 0 Å². The smallest absolute Gasteiger partial charge is 0.138 e. The quantitative estimate of drug-likeness (QED) is 0.608. The number of likely N-dealkylation sites (tertiary alicyclic amines) is 1. The average molecular weight is 433 g/mol. The molecule has 2 aliphatic rings. The van der Waals surface area contributed by atoms with Crippen LogP contribution in [0.3, 0.4) is 0 Å². The molecule has 170 valence electrons. The van der Waals surface area contributed by atoms with Gasteiger partial charge in [0.2, 0.25) is 0 Å². The van der Waals surface area contributed by atoms with Gasteiger partial charge >= 0.3 is 0 Å². The number of aromatic nitrogens is 3. The van der Waals surface area contributed by atoms with E-state index in [1.165, 1.54) is 42.0 Å². The molecule has 6 heteroatoms. The Morgan fingerprint density at radius 3 is 2.50 bits per heavy atom. The van der Waals surface area contributed by atoms with Crippen molar-refractivity contribution in [1.29, 1.82) is 0 Å². The highest BCUT2D eigenvalue weighted by Crippen LogP contribution is 2.40. The van der Waals surface area contributed by atoms with Crippen molar-refractivity contribution in [1.82, 2.24) is 24.2 Å². The van der Waals surface area contributed by atoms with E-state index in [2.05, 4.69) is 77.6 Å².